The predicted molar refractivity (Wildman–Crippen MR) is 93.0 cm³/mol. The minimum atomic E-state index is -0.329. The van der Waals surface area contributed by atoms with E-state index < -0.39 is 0 Å². The van der Waals surface area contributed by atoms with Crippen LogP contribution in [0, 0.1) is 0 Å². The summed E-state index contributed by atoms with van der Waals surface area (Å²) < 4.78 is 11.2. The third kappa shape index (κ3) is 2.98. The smallest absolute Gasteiger partial charge is 0.344 e. The summed E-state index contributed by atoms with van der Waals surface area (Å²) in [6, 6.07) is 22.0. The lowest BCUT2D eigenvalue weighted by Crippen LogP contribution is -2.17. The first-order chi connectivity index (χ1) is 11.8. The van der Waals surface area contributed by atoms with Gasteiger partial charge in [-0.15, -0.1) is 0 Å². The summed E-state index contributed by atoms with van der Waals surface area (Å²) in [6.07, 6.45) is 1.66. The maximum absolute atomic E-state index is 12.1. The minimum Gasteiger partial charge on any atom is -0.482 e. The van der Waals surface area contributed by atoms with Crippen LogP contribution in [0.15, 0.2) is 66.7 Å². The molecule has 0 saturated heterocycles. The molecule has 0 N–H and O–H groups in total. The summed E-state index contributed by atoms with van der Waals surface area (Å²) in [5, 5.41) is 2.24. The first-order valence-corrected chi connectivity index (χ1v) is 8.18. The molecule has 1 aliphatic rings. The van der Waals surface area contributed by atoms with Crippen molar-refractivity contribution in [2.75, 3.05) is 6.61 Å². The second kappa shape index (κ2) is 6.36. The van der Waals surface area contributed by atoms with Gasteiger partial charge in [0.2, 0.25) is 0 Å². The second-order valence-electron chi connectivity index (χ2n) is 6.01. The Bertz CT molecular complexity index is 885. The van der Waals surface area contributed by atoms with E-state index in [9.17, 15) is 4.79 Å². The molecular formula is C21H18O3. The Kier molecular flexibility index (Phi) is 3.91. The van der Waals surface area contributed by atoms with Gasteiger partial charge in [-0.3, -0.25) is 0 Å². The molecule has 3 aromatic rings. The highest BCUT2D eigenvalue weighted by atomic mass is 16.6. The molecule has 3 heteroatoms. The number of ether oxygens (including phenoxy) is 2. The number of hydrogen-bond donors (Lipinski definition) is 0. The van der Waals surface area contributed by atoms with Crippen molar-refractivity contribution in [3.8, 4) is 5.75 Å². The third-order valence-electron chi connectivity index (χ3n) is 4.43. The van der Waals surface area contributed by atoms with Gasteiger partial charge in [-0.05, 0) is 46.9 Å². The quantitative estimate of drug-likeness (QED) is 0.667. The van der Waals surface area contributed by atoms with Crippen LogP contribution in [0.5, 0.6) is 5.75 Å². The Morgan fingerprint density at radius 2 is 1.75 bits per heavy atom. The minimum absolute atomic E-state index is 0.0724. The van der Waals surface area contributed by atoms with Crippen LogP contribution in [-0.4, -0.2) is 12.6 Å². The molecule has 0 fully saturated rings. The van der Waals surface area contributed by atoms with Crippen LogP contribution in [-0.2, 0) is 16.0 Å². The number of carbonyl (C=O) groups excluding carboxylic acids is 1. The lowest BCUT2D eigenvalue weighted by atomic mass is 10.1. The Morgan fingerprint density at radius 1 is 0.958 bits per heavy atom. The van der Waals surface area contributed by atoms with Crippen molar-refractivity contribution < 1.29 is 14.3 Å². The van der Waals surface area contributed by atoms with E-state index in [0.717, 1.165) is 29.2 Å². The monoisotopic (exact) mass is 318 g/mol. The summed E-state index contributed by atoms with van der Waals surface area (Å²) in [7, 11) is 0. The summed E-state index contributed by atoms with van der Waals surface area (Å²) >= 11 is 0. The molecule has 0 aromatic heterocycles. The molecule has 0 bridgehead atoms. The number of esters is 1. The van der Waals surface area contributed by atoms with E-state index >= 15 is 0 Å². The van der Waals surface area contributed by atoms with Gasteiger partial charge in [-0.25, -0.2) is 4.79 Å². The Hall–Kier alpha value is -2.81. The van der Waals surface area contributed by atoms with Crippen molar-refractivity contribution in [1.29, 1.82) is 0 Å². The Labute approximate surface area is 140 Å². The average Bonchev–Trinajstić information content (AvgIpc) is 3.03. The van der Waals surface area contributed by atoms with Crippen LogP contribution in [0.4, 0.5) is 0 Å². The lowest BCUT2D eigenvalue weighted by Gasteiger charge is -2.14. The van der Waals surface area contributed by atoms with Crippen molar-refractivity contribution in [1.82, 2.24) is 0 Å². The van der Waals surface area contributed by atoms with E-state index in [-0.39, 0.29) is 18.7 Å². The predicted octanol–water partition coefficient (Wildman–Crippen LogP) is 4.45. The van der Waals surface area contributed by atoms with Gasteiger partial charge in [-0.1, -0.05) is 54.6 Å². The summed E-state index contributed by atoms with van der Waals surface area (Å²) in [5.41, 5.74) is 2.39. The molecule has 1 aliphatic carbocycles. The van der Waals surface area contributed by atoms with Crippen LogP contribution in [0.25, 0.3) is 10.8 Å². The maximum Gasteiger partial charge on any atom is 0.344 e. The number of rotatable bonds is 4. The van der Waals surface area contributed by atoms with Crippen LogP contribution in [0.3, 0.4) is 0 Å². The summed E-state index contributed by atoms with van der Waals surface area (Å²) in [6.45, 7) is -0.0724. The fourth-order valence-electron chi connectivity index (χ4n) is 3.23. The first-order valence-electron chi connectivity index (χ1n) is 8.18. The van der Waals surface area contributed by atoms with Gasteiger partial charge in [0.25, 0.3) is 0 Å². The number of benzene rings is 3. The van der Waals surface area contributed by atoms with Crippen LogP contribution in [0.1, 0.15) is 23.7 Å². The van der Waals surface area contributed by atoms with Gasteiger partial charge < -0.3 is 9.47 Å². The molecule has 3 aromatic carbocycles. The molecule has 4 rings (SSSR count). The zero-order valence-electron chi connectivity index (χ0n) is 13.3. The highest BCUT2D eigenvalue weighted by Gasteiger charge is 2.25. The van der Waals surface area contributed by atoms with E-state index in [1.54, 1.807) is 0 Å². The molecule has 3 nitrogen and oxygen atoms in total. The molecular weight excluding hydrogens is 300 g/mol. The molecule has 0 unspecified atom stereocenters. The SMILES string of the molecule is O=C(COc1ccc2ccccc2c1)O[C@H]1CCc2ccccc21. The molecule has 24 heavy (non-hydrogen) atoms. The maximum atomic E-state index is 12.1. The zero-order chi connectivity index (χ0) is 16.4. The molecule has 0 radical (unpaired) electrons. The highest BCUT2D eigenvalue weighted by Crippen LogP contribution is 2.33. The van der Waals surface area contributed by atoms with Crippen LogP contribution >= 0.6 is 0 Å². The number of fused-ring (bicyclic) bond motifs is 2. The van der Waals surface area contributed by atoms with Crippen molar-refractivity contribution in [3.05, 3.63) is 77.9 Å². The molecule has 0 amide bonds. The van der Waals surface area contributed by atoms with Crippen molar-refractivity contribution in [2.45, 2.75) is 18.9 Å². The topological polar surface area (TPSA) is 35.5 Å². The third-order valence-corrected chi connectivity index (χ3v) is 4.43. The van der Waals surface area contributed by atoms with Crippen molar-refractivity contribution in [2.24, 2.45) is 0 Å². The van der Waals surface area contributed by atoms with Gasteiger partial charge >= 0.3 is 5.97 Å². The van der Waals surface area contributed by atoms with Gasteiger partial charge in [-0.2, -0.15) is 0 Å². The van der Waals surface area contributed by atoms with E-state index in [2.05, 4.69) is 6.07 Å². The van der Waals surface area contributed by atoms with Gasteiger partial charge in [0.05, 0.1) is 0 Å². The summed E-state index contributed by atoms with van der Waals surface area (Å²) in [5.74, 6) is 0.349. The van der Waals surface area contributed by atoms with Crippen LogP contribution < -0.4 is 4.74 Å². The fourth-order valence-corrected chi connectivity index (χ4v) is 3.23. The van der Waals surface area contributed by atoms with Crippen molar-refractivity contribution >= 4 is 16.7 Å². The standard InChI is InChI=1S/C21H18O3/c22-21(24-20-12-10-16-6-3-4-8-19(16)20)14-23-18-11-9-15-5-1-2-7-17(15)13-18/h1-9,11,13,20H,10,12,14H2/t20-/m0/s1. The van der Waals surface area contributed by atoms with E-state index in [1.807, 2.05) is 60.7 Å². The van der Waals surface area contributed by atoms with Gasteiger partial charge in [0.1, 0.15) is 11.9 Å². The van der Waals surface area contributed by atoms with Crippen LogP contribution in [0.2, 0.25) is 0 Å². The lowest BCUT2D eigenvalue weighted by molar-refractivity contribution is -0.151. The number of aryl methyl sites for hydroxylation is 1. The van der Waals surface area contributed by atoms with Gasteiger partial charge in [0, 0.05) is 0 Å². The van der Waals surface area contributed by atoms with Crippen molar-refractivity contribution in [3.63, 3.8) is 0 Å². The molecule has 0 saturated carbocycles. The molecule has 0 heterocycles. The normalized spacial score (nSPS) is 15.9. The summed E-state index contributed by atoms with van der Waals surface area (Å²) in [4.78, 5) is 12.1. The van der Waals surface area contributed by atoms with E-state index in [4.69, 9.17) is 9.47 Å². The van der Waals surface area contributed by atoms with Gasteiger partial charge in [0.15, 0.2) is 6.61 Å². The van der Waals surface area contributed by atoms with E-state index in [1.165, 1.54) is 5.56 Å². The molecule has 1 atom stereocenters. The largest absolute Gasteiger partial charge is 0.482 e. The fraction of sp³-hybridized carbons (Fsp3) is 0.190. The number of carbonyl (C=O) groups is 1. The zero-order valence-corrected chi connectivity index (χ0v) is 13.3. The molecule has 0 aliphatic heterocycles. The Balaban J connectivity index is 1.38. The average molecular weight is 318 g/mol. The van der Waals surface area contributed by atoms with E-state index in [0.29, 0.717) is 5.75 Å². The first kappa shape index (κ1) is 14.8. The molecule has 120 valence electrons. The molecule has 0 spiro atoms. The second-order valence-corrected chi connectivity index (χ2v) is 6.01. The highest BCUT2D eigenvalue weighted by molar-refractivity contribution is 5.83. The Morgan fingerprint density at radius 3 is 2.67 bits per heavy atom. The number of hydrogen-bond acceptors (Lipinski definition) is 3.